The van der Waals surface area contributed by atoms with Gasteiger partial charge in [0.05, 0.1) is 16.1 Å². The minimum absolute atomic E-state index is 0.208. The van der Waals surface area contributed by atoms with Crippen molar-refractivity contribution in [2.24, 2.45) is 0 Å². The van der Waals surface area contributed by atoms with Crippen LogP contribution < -0.4 is 4.90 Å². The molecule has 0 aliphatic rings. The first-order chi connectivity index (χ1) is 12.6. The second-order valence-corrected chi connectivity index (χ2v) is 7.22. The van der Waals surface area contributed by atoms with Crippen molar-refractivity contribution in [3.8, 4) is 0 Å². The summed E-state index contributed by atoms with van der Waals surface area (Å²) in [7, 11) is 0. The van der Waals surface area contributed by atoms with Crippen molar-refractivity contribution in [3.63, 3.8) is 0 Å². The fourth-order valence-electron chi connectivity index (χ4n) is 3.07. The van der Waals surface area contributed by atoms with E-state index in [-0.39, 0.29) is 5.91 Å². The lowest BCUT2D eigenvalue weighted by atomic mass is 10.1. The van der Waals surface area contributed by atoms with E-state index in [4.69, 9.17) is 4.98 Å². The van der Waals surface area contributed by atoms with Crippen LogP contribution in [-0.4, -0.2) is 17.4 Å². The maximum atomic E-state index is 14.1. The molecule has 5 heteroatoms. The van der Waals surface area contributed by atoms with E-state index in [1.807, 2.05) is 44.2 Å². The molecule has 0 saturated heterocycles. The van der Waals surface area contributed by atoms with Gasteiger partial charge in [0.25, 0.3) is 5.91 Å². The molecule has 0 radical (unpaired) electrons. The zero-order chi connectivity index (χ0) is 18.3. The lowest BCUT2D eigenvalue weighted by Crippen LogP contribution is -2.30. The number of nitrogens with zero attached hydrogens (tertiary/aromatic N) is 2. The Balaban J connectivity index is 1.78. The number of pyridine rings is 1. The summed E-state index contributed by atoms with van der Waals surface area (Å²) in [5.74, 6) is -0.607. The predicted molar refractivity (Wildman–Crippen MR) is 106 cm³/mol. The molecule has 3 nitrogen and oxygen atoms in total. The molecule has 2 aromatic carbocycles. The highest BCUT2D eigenvalue weighted by Crippen LogP contribution is 2.30. The van der Waals surface area contributed by atoms with Gasteiger partial charge in [0, 0.05) is 17.3 Å². The molecule has 1 amide bonds. The smallest absolute Gasteiger partial charge is 0.268 e. The highest BCUT2D eigenvalue weighted by Gasteiger charge is 2.21. The first-order valence-electron chi connectivity index (χ1n) is 8.44. The van der Waals surface area contributed by atoms with E-state index in [1.54, 1.807) is 18.2 Å². The van der Waals surface area contributed by atoms with Crippen LogP contribution >= 0.6 is 11.3 Å². The van der Waals surface area contributed by atoms with Crippen LogP contribution in [-0.2, 0) is 0 Å². The molecule has 0 unspecified atom stereocenters. The van der Waals surface area contributed by atoms with Gasteiger partial charge in [-0.05, 0) is 49.7 Å². The molecule has 0 fully saturated rings. The van der Waals surface area contributed by atoms with Crippen molar-refractivity contribution < 1.29 is 9.18 Å². The third-order valence-corrected chi connectivity index (χ3v) is 5.41. The van der Waals surface area contributed by atoms with Crippen LogP contribution in [0.25, 0.3) is 21.1 Å². The maximum Gasteiger partial charge on any atom is 0.268 e. The van der Waals surface area contributed by atoms with Crippen LogP contribution in [0.15, 0.2) is 54.6 Å². The van der Waals surface area contributed by atoms with Crippen LogP contribution in [0, 0.1) is 12.7 Å². The topological polar surface area (TPSA) is 33.2 Å². The summed E-state index contributed by atoms with van der Waals surface area (Å²) in [5.41, 5.74) is 2.36. The van der Waals surface area contributed by atoms with E-state index in [1.165, 1.54) is 22.3 Å². The summed E-state index contributed by atoms with van der Waals surface area (Å²) >= 11 is 1.35. The third kappa shape index (κ3) is 2.84. The number of aromatic nitrogens is 1. The Morgan fingerprint density at radius 1 is 1.12 bits per heavy atom. The molecular formula is C21H17FN2OS. The maximum absolute atomic E-state index is 14.1. The van der Waals surface area contributed by atoms with Crippen molar-refractivity contribution in [1.29, 1.82) is 0 Å². The Hall–Kier alpha value is -2.79. The van der Waals surface area contributed by atoms with Crippen molar-refractivity contribution in [3.05, 3.63) is 70.9 Å². The predicted octanol–water partition coefficient (Wildman–Crippen LogP) is 5.56. The highest BCUT2D eigenvalue weighted by atomic mass is 32.1. The third-order valence-electron chi connectivity index (χ3n) is 4.37. The quantitative estimate of drug-likeness (QED) is 0.476. The van der Waals surface area contributed by atoms with Crippen LogP contribution in [0.5, 0.6) is 0 Å². The highest BCUT2D eigenvalue weighted by molar-refractivity contribution is 7.20. The number of fused-ring (bicyclic) bond motifs is 2. The average molecular weight is 364 g/mol. The van der Waals surface area contributed by atoms with E-state index in [0.29, 0.717) is 17.1 Å². The van der Waals surface area contributed by atoms with Gasteiger partial charge in [-0.15, -0.1) is 11.3 Å². The van der Waals surface area contributed by atoms with Crippen molar-refractivity contribution in [2.75, 3.05) is 11.4 Å². The molecule has 4 rings (SSSR count). The van der Waals surface area contributed by atoms with Crippen molar-refractivity contribution in [1.82, 2.24) is 4.98 Å². The molecule has 0 bridgehead atoms. The summed E-state index contributed by atoms with van der Waals surface area (Å²) in [5, 5.41) is 1.97. The van der Waals surface area contributed by atoms with Gasteiger partial charge in [0.2, 0.25) is 0 Å². The van der Waals surface area contributed by atoms with E-state index < -0.39 is 5.82 Å². The van der Waals surface area contributed by atoms with Crippen LogP contribution in [0.4, 0.5) is 10.1 Å². The second kappa shape index (κ2) is 6.50. The van der Waals surface area contributed by atoms with E-state index in [2.05, 4.69) is 0 Å². The van der Waals surface area contributed by atoms with Gasteiger partial charge in [-0.2, -0.15) is 0 Å². The number of para-hydroxylation sites is 1. The second-order valence-electron chi connectivity index (χ2n) is 6.19. The lowest BCUT2D eigenvalue weighted by Gasteiger charge is -2.20. The number of halogens is 1. The number of amides is 1. The first-order valence-corrected chi connectivity index (χ1v) is 9.26. The minimum Gasteiger partial charge on any atom is -0.305 e. The number of benzene rings is 2. The first kappa shape index (κ1) is 16.7. The molecule has 130 valence electrons. The summed E-state index contributed by atoms with van der Waals surface area (Å²) in [6.07, 6.45) is 0. The Labute approximate surface area is 154 Å². The van der Waals surface area contributed by atoms with E-state index in [9.17, 15) is 9.18 Å². The molecule has 2 aromatic heterocycles. The molecule has 2 heterocycles. The molecule has 0 atom stereocenters. The standard InChI is InChI=1S/C21H17FN2OS/c1-3-24(18-7-5-4-6-16(18)22)21(25)19-12-15-11-14-9-8-13(2)10-17(14)23-20(15)26-19/h4-12H,3H2,1-2H3. The molecule has 0 saturated carbocycles. The molecule has 4 aromatic rings. The number of hydrogen-bond donors (Lipinski definition) is 0. The van der Waals surface area contributed by atoms with Gasteiger partial charge in [-0.25, -0.2) is 9.37 Å². The zero-order valence-corrected chi connectivity index (χ0v) is 15.3. The normalized spacial score (nSPS) is 11.2. The number of carbonyl (C=O) groups is 1. The fourth-order valence-corrected chi connectivity index (χ4v) is 4.04. The Morgan fingerprint density at radius 2 is 1.92 bits per heavy atom. The van der Waals surface area contributed by atoms with E-state index in [0.717, 1.165) is 26.7 Å². The van der Waals surface area contributed by atoms with Crippen LogP contribution in [0.1, 0.15) is 22.2 Å². The summed E-state index contributed by atoms with van der Waals surface area (Å²) < 4.78 is 14.1. The number of rotatable bonds is 3. The summed E-state index contributed by atoms with van der Waals surface area (Å²) in [6.45, 7) is 4.26. The molecule has 26 heavy (non-hydrogen) atoms. The molecule has 0 N–H and O–H groups in total. The Bertz CT molecular complexity index is 1140. The number of carbonyl (C=O) groups excluding carboxylic acids is 1. The van der Waals surface area contributed by atoms with Gasteiger partial charge in [-0.3, -0.25) is 4.79 Å². The SMILES string of the molecule is CCN(C(=O)c1cc2cc3ccc(C)cc3nc2s1)c1ccccc1F. The van der Waals surface area contributed by atoms with Crippen LogP contribution in [0.3, 0.4) is 0 Å². The van der Waals surface area contributed by atoms with Gasteiger partial charge in [0.1, 0.15) is 10.6 Å². The van der Waals surface area contributed by atoms with Gasteiger partial charge in [0.15, 0.2) is 0 Å². The van der Waals surface area contributed by atoms with Crippen LogP contribution in [0.2, 0.25) is 0 Å². The molecular weight excluding hydrogens is 347 g/mol. The number of thiophene rings is 1. The average Bonchev–Trinajstić information content (AvgIpc) is 3.04. The Kier molecular flexibility index (Phi) is 4.17. The Morgan fingerprint density at radius 3 is 2.69 bits per heavy atom. The number of aryl methyl sites for hydroxylation is 1. The molecule has 0 aliphatic heterocycles. The fraction of sp³-hybridized carbons (Fsp3) is 0.143. The van der Waals surface area contributed by atoms with Gasteiger partial charge >= 0.3 is 0 Å². The molecule has 0 spiro atoms. The number of hydrogen-bond acceptors (Lipinski definition) is 3. The minimum atomic E-state index is -0.400. The van der Waals surface area contributed by atoms with E-state index >= 15 is 0 Å². The largest absolute Gasteiger partial charge is 0.305 e. The van der Waals surface area contributed by atoms with Gasteiger partial charge < -0.3 is 4.90 Å². The molecule has 0 aliphatic carbocycles. The van der Waals surface area contributed by atoms with Crippen molar-refractivity contribution >= 4 is 44.1 Å². The van der Waals surface area contributed by atoms with Gasteiger partial charge in [-0.1, -0.05) is 24.3 Å². The van der Waals surface area contributed by atoms with Crippen molar-refractivity contribution in [2.45, 2.75) is 13.8 Å². The lowest BCUT2D eigenvalue weighted by molar-refractivity contribution is 0.0991. The zero-order valence-electron chi connectivity index (χ0n) is 14.5. The monoisotopic (exact) mass is 364 g/mol. The summed E-state index contributed by atoms with van der Waals surface area (Å²) in [4.78, 5) is 20.5. The number of anilines is 1. The summed E-state index contributed by atoms with van der Waals surface area (Å²) in [6, 6.07) is 16.4.